The lowest BCUT2D eigenvalue weighted by Gasteiger charge is -2.03. The Morgan fingerprint density at radius 3 is 2.56 bits per heavy atom. The van der Waals surface area contributed by atoms with Crippen molar-refractivity contribution >= 4 is 32.5 Å². The number of rotatable bonds is 1. The minimum Gasteiger partial charge on any atom is -0.322 e. The molecule has 5 nitrogen and oxygen atoms in total. The maximum atomic E-state index is 11.2. The molecule has 0 bridgehead atoms. The number of aromatic nitrogens is 1. The lowest BCUT2D eigenvalue weighted by Crippen LogP contribution is -2.13. The van der Waals surface area contributed by atoms with E-state index in [4.69, 9.17) is 16.7 Å². The van der Waals surface area contributed by atoms with Crippen LogP contribution in [0, 0.1) is 0 Å². The Hall–Kier alpha value is -1.37. The van der Waals surface area contributed by atoms with Gasteiger partial charge in [-0.05, 0) is 23.6 Å². The zero-order chi connectivity index (χ0) is 11.9. The van der Waals surface area contributed by atoms with E-state index in [9.17, 15) is 13.2 Å². The molecule has 1 aromatic carbocycles. The molecule has 16 heavy (non-hydrogen) atoms. The van der Waals surface area contributed by atoms with Gasteiger partial charge in [-0.25, -0.2) is 13.6 Å². The third-order valence-electron chi connectivity index (χ3n) is 2.08. The molecule has 3 N–H and O–H groups in total. The molecule has 0 aliphatic rings. The molecule has 0 aliphatic heterocycles. The van der Waals surface area contributed by atoms with Gasteiger partial charge in [0, 0.05) is 11.6 Å². The fourth-order valence-electron chi connectivity index (χ4n) is 1.37. The van der Waals surface area contributed by atoms with Gasteiger partial charge in [-0.3, -0.25) is 4.79 Å². The zero-order valence-electron chi connectivity index (χ0n) is 7.90. The fraction of sp³-hybridized carbons (Fsp3) is 0. The quantitative estimate of drug-likeness (QED) is 0.793. The van der Waals surface area contributed by atoms with Crippen LogP contribution in [0.2, 0.25) is 5.02 Å². The summed E-state index contributed by atoms with van der Waals surface area (Å²) in [6.45, 7) is 0. The van der Waals surface area contributed by atoms with Crippen LogP contribution in [0.1, 0.15) is 0 Å². The molecule has 0 radical (unpaired) electrons. The first-order chi connectivity index (χ1) is 7.38. The van der Waals surface area contributed by atoms with Crippen molar-refractivity contribution in [2.24, 2.45) is 5.14 Å². The highest BCUT2D eigenvalue weighted by Crippen LogP contribution is 2.24. The molecule has 0 atom stereocenters. The lowest BCUT2D eigenvalue weighted by atomic mass is 10.2. The van der Waals surface area contributed by atoms with E-state index >= 15 is 0 Å². The Morgan fingerprint density at radius 1 is 1.25 bits per heavy atom. The predicted molar refractivity (Wildman–Crippen MR) is 61.0 cm³/mol. The number of benzene rings is 1. The van der Waals surface area contributed by atoms with Crippen LogP contribution < -0.4 is 10.7 Å². The Morgan fingerprint density at radius 2 is 1.94 bits per heavy atom. The van der Waals surface area contributed by atoms with Crippen LogP contribution in [0.15, 0.2) is 34.0 Å². The molecule has 0 amide bonds. The molecule has 2 aromatic rings. The zero-order valence-corrected chi connectivity index (χ0v) is 9.47. The maximum Gasteiger partial charge on any atom is 0.248 e. The molecule has 7 heteroatoms. The summed E-state index contributed by atoms with van der Waals surface area (Å²) in [7, 11) is -3.86. The van der Waals surface area contributed by atoms with E-state index in [0.29, 0.717) is 10.9 Å². The van der Waals surface area contributed by atoms with E-state index in [1.807, 2.05) is 0 Å². The van der Waals surface area contributed by atoms with Crippen LogP contribution in [-0.4, -0.2) is 13.4 Å². The molecule has 0 saturated carbocycles. The van der Waals surface area contributed by atoms with Gasteiger partial charge in [0.25, 0.3) is 0 Å². The predicted octanol–water partition coefficient (Wildman–Crippen LogP) is 0.829. The molecule has 0 saturated heterocycles. The second kappa shape index (κ2) is 3.58. The van der Waals surface area contributed by atoms with Gasteiger partial charge in [0.05, 0.1) is 5.02 Å². The molecule has 0 fully saturated rings. The summed E-state index contributed by atoms with van der Waals surface area (Å²) in [6.07, 6.45) is 0. The molecular weight excluding hydrogens is 252 g/mol. The number of halogens is 1. The first kappa shape index (κ1) is 11.1. The smallest absolute Gasteiger partial charge is 0.248 e. The lowest BCUT2D eigenvalue weighted by molar-refractivity contribution is 0.598. The molecule has 0 unspecified atom stereocenters. The molecular formula is C9H7ClN2O3S. The van der Waals surface area contributed by atoms with Crippen molar-refractivity contribution in [2.45, 2.75) is 4.90 Å². The van der Waals surface area contributed by atoms with Crippen molar-refractivity contribution in [3.63, 3.8) is 0 Å². The Labute approximate surface area is 95.9 Å². The highest BCUT2D eigenvalue weighted by molar-refractivity contribution is 7.89. The number of primary sulfonamides is 1. The van der Waals surface area contributed by atoms with E-state index in [-0.39, 0.29) is 15.5 Å². The standard InChI is InChI=1S/C9H7ClN2O3S/c10-6-4-7-5(1-2-9(13)12-7)3-8(6)16(11,14)15/h1-4H,(H,12,13)(H2,11,14,15). The van der Waals surface area contributed by atoms with Gasteiger partial charge in [-0.1, -0.05) is 11.6 Å². The number of nitrogens with one attached hydrogen (secondary N) is 1. The van der Waals surface area contributed by atoms with Gasteiger partial charge in [0.15, 0.2) is 0 Å². The normalized spacial score (nSPS) is 11.9. The Kier molecular flexibility index (Phi) is 2.49. The molecule has 1 aromatic heterocycles. The third-order valence-corrected chi connectivity index (χ3v) is 3.46. The number of pyridine rings is 1. The van der Waals surface area contributed by atoms with Crippen LogP contribution in [0.5, 0.6) is 0 Å². The summed E-state index contributed by atoms with van der Waals surface area (Å²) in [4.78, 5) is 13.4. The monoisotopic (exact) mass is 258 g/mol. The fourth-order valence-corrected chi connectivity index (χ4v) is 2.48. The van der Waals surface area contributed by atoms with Crippen molar-refractivity contribution in [1.29, 1.82) is 0 Å². The van der Waals surface area contributed by atoms with Crippen LogP contribution in [0.3, 0.4) is 0 Å². The topological polar surface area (TPSA) is 93.0 Å². The average molecular weight is 259 g/mol. The molecule has 0 spiro atoms. The first-order valence-corrected chi connectivity index (χ1v) is 6.16. The number of H-pyrrole nitrogens is 1. The van der Waals surface area contributed by atoms with Gasteiger partial charge in [0.1, 0.15) is 4.90 Å². The van der Waals surface area contributed by atoms with E-state index in [1.165, 1.54) is 24.3 Å². The van der Waals surface area contributed by atoms with Crippen LogP contribution in [0.25, 0.3) is 10.9 Å². The number of fused-ring (bicyclic) bond motifs is 1. The van der Waals surface area contributed by atoms with Gasteiger partial charge < -0.3 is 4.98 Å². The van der Waals surface area contributed by atoms with Crippen molar-refractivity contribution in [3.8, 4) is 0 Å². The minimum atomic E-state index is -3.86. The summed E-state index contributed by atoms with van der Waals surface area (Å²) in [6, 6.07) is 5.48. The molecule has 0 aliphatic carbocycles. The second-order valence-electron chi connectivity index (χ2n) is 3.24. The van der Waals surface area contributed by atoms with Gasteiger partial charge >= 0.3 is 0 Å². The summed E-state index contributed by atoms with van der Waals surface area (Å²) >= 11 is 5.76. The number of sulfonamides is 1. The van der Waals surface area contributed by atoms with E-state index < -0.39 is 10.0 Å². The highest BCUT2D eigenvalue weighted by atomic mass is 35.5. The number of nitrogens with two attached hydrogens (primary N) is 1. The largest absolute Gasteiger partial charge is 0.322 e. The number of hydrogen-bond acceptors (Lipinski definition) is 3. The molecule has 84 valence electrons. The first-order valence-electron chi connectivity index (χ1n) is 4.23. The number of hydrogen-bond donors (Lipinski definition) is 2. The van der Waals surface area contributed by atoms with Crippen molar-refractivity contribution in [2.75, 3.05) is 0 Å². The third kappa shape index (κ3) is 1.95. The van der Waals surface area contributed by atoms with Crippen molar-refractivity contribution in [1.82, 2.24) is 4.98 Å². The van der Waals surface area contributed by atoms with Gasteiger partial charge in [0.2, 0.25) is 15.6 Å². The van der Waals surface area contributed by atoms with Gasteiger partial charge in [-0.2, -0.15) is 0 Å². The van der Waals surface area contributed by atoms with Gasteiger partial charge in [-0.15, -0.1) is 0 Å². The van der Waals surface area contributed by atoms with Crippen molar-refractivity contribution in [3.05, 3.63) is 39.6 Å². The summed E-state index contributed by atoms with van der Waals surface area (Å²) in [5, 5.41) is 5.53. The van der Waals surface area contributed by atoms with E-state index in [2.05, 4.69) is 4.98 Å². The molecule has 1 heterocycles. The van der Waals surface area contributed by atoms with Crippen LogP contribution >= 0.6 is 11.6 Å². The van der Waals surface area contributed by atoms with Crippen LogP contribution in [-0.2, 0) is 10.0 Å². The van der Waals surface area contributed by atoms with E-state index in [0.717, 1.165) is 0 Å². The maximum absolute atomic E-state index is 11.2. The average Bonchev–Trinajstić information content (AvgIpc) is 2.14. The molecule has 2 rings (SSSR count). The number of aromatic amines is 1. The van der Waals surface area contributed by atoms with E-state index in [1.54, 1.807) is 0 Å². The van der Waals surface area contributed by atoms with Crippen molar-refractivity contribution < 1.29 is 8.42 Å². The Balaban J connectivity index is 2.88. The Bertz CT molecular complexity index is 721. The SMILES string of the molecule is NS(=O)(=O)c1cc2ccc(=O)[nH]c2cc1Cl. The summed E-state index contributed by atoms with van der Waals surface area (Å²) in [5.74, 6) is 0. The highest BCUT2D eigenvalue weighted by Gasteiger charge is 2.13. The van der Waals surface area contributed by atoms with Crippen LogP contribution in [0.4, 0.5) is 0 Å². The minimum absolute atomic E-state index is 0.0168. The summed E-state index contributed by atoms with van der Waals surface area (Å²) < 4.78 is 22.4. The summed E-state index contributed by atoms with van der Waals surface area (Å²) in [5.41, 5.74) is 0.178. The second-order valence-corrected chi connectivity index (χ2v) is 5.17.